The number of rotatable bonds is 7. The number of amides is 1. The fraction of sp³-hybridized carbons (Fsp3) is 0.360. The minimum absolute atomic E-state index is 0.0513. The van der Waals surface area contributed by atoms with E-state index in [0.717, 1.165) is 60.7 Å². The summed E-state index contributed by atoms with van der Waals surface area (Å²) in [5.74, 6) is 1.53. The zero-order valence-electron chi connectivity index (χ0n) is 18.0. The topological polar surface area (TPSA) is 51.7 Å². The van der Waals surface area contributed by atoms with Crippen LogP contribution in [0, 0.1) is 0 Å². The van der Waals surface area contributed by atoms with Crippen molar-refractivity contribution >= 4 is 17.2 Å². The first-order valence-corrected chi connectivity index (χ1v) is 11.6. The Kier molecular flexibility index (Phi) is 6.87. The van der Waals surface area contributed by atoms with Gasteiger partial charge in [0.1, 0.15) is 10.7 Å². The minimum Gasteiger partial charge on any atom is -0.493 e. The van der Waals surface area contributed by atoms with Crippen LogP contribution < -0.4 is 9.47 Å². The Morgan fingerprint density at radius 1 is 1.10 bits per heavy atom. The van der Waals surface area contributed by atoms with Gasteiger partial charge in [-0.25, -0.2) is 4.98 Å². The summed E-state index contributed by atoms with van der Waals surface area (Å²) in [6.45, 7) is 0.799. The molecule has 162 valence electrons. The summed E-state index contributed by atoms with van der Waals surface area (Å²) in [5.41, 5.74) is 2.80. The number of aromatic nitrogens is 1. The predicted octanol–water partition coefficient (Wildman–Crippen LogP) is 5.45. The van der Waals surface area contributed by atoms with Crippen molar-refractivity contribution in [3.63, 3.8) is 0 Å². The first-order chi connectivity index (χ1) is 15.2. The average molecular weight is 437 g/mol. The van der Waals surface area contributed by atoms with E-state index in [1.807, 2.05) is 52.7 Å². The number of ether oxygens (including phenoxy) is 2. The molecule has 1 aliphatic rings. The van der Waals surface area contributed by atoms with Crippen molar-refractivity contribution < 1.29 is 14.3 Å². The van der Waals surface area contributed by atoms with Gasteiger partial charge >= 0.3 is 0 Å². The number of aryl methyl sites for hydroxylation is 1. The molecule has 1 aliphatic heterocycles. The van der Waals surface area contributed by atoms with E-state index in [1.165, 1.54) is 16.9 Å². The normalized spacial score (nSPS) is 16.2. The highest BCUT2D eigenvalue weighted by molar-refractivity contribution is 7.13. The van der Waals surface area contributed by atoms with Crippen LogP contribution in [0.5, 0.6) is 11.5 Å². The van der Waals surface area contributed by atoms with E-state index in [2.05, 4.69) is 11.1 Å². The van der Waals surface area contributed by atoms with Crippen molar-refractivity contribution in [2.45, 2.75) is 38.1 Å². The molecule has 1 amide bonds. The molecule has 0 N–H and O–H groups in total. The molecule has 5 nitrogen and oxygen atoms in total. The number of carbonyl (C=O) groups excluding carboxylic acids is 1. The fourth-order valence-corrected chi connectivity index (χ4v) is 4.97. The third kappa shape index (κ3) is 4.90. The third-order valence-electron chi connectivity index (χ3n) is 5.85. The number of piperidine rings is 1. The maximum absolute atomic E-state index is 13.3. The van der Waals surface area contributed by atoms with Crippen LogP contribution in [-0.2, 0) is 6.42 Å². The number of hydrogen-bond donors (Lipinski definition) is 0. The quantitative estimate of drug-likeness (QED) is 0.494. The molecule has 1 saturated heterocycles. The molecular formula is C25H28N2O3S. The van der Waals surface area contributed by atoms with Crippen LogP contribution in [0.25, 0.3) is 10.6 Å². The number of nitrogens with zero attached hydrogens (tertiary/aromatic N) is 2. The van der Waals surface area contributed by atoms with Gasteiger partial charge in [-0.05, 0) is 49.8 Å². The molecule has 3 aromatic rings. The zero-order chi connectivity index (χ0) is 21.6. The van der Waals surface area contributed by atoms with Gasteiger partial charge in [-0.2, -0.15) is 0 Å². The third-order valence-corrected chi connectivity index (χ3v) is 6.74. The van der Waals surface area contributed by atoms with E-state index >= 15 is 0 Å². The van der Waals surface area contributed by atoms with Gasteiger partial charge in [-0.1, -0.05) is 36.4 Å². The Morgan fingerprint density at radius 2 is 1.90 bits per heavy atom. The number of hydrogen-bond acceptors (Lipinski definition) is 5. The summed E-state index contributed by atoms with van der Waals surface area (Å²) in [7, 11) is 3.30. The van der Waals surface area contributed by atoms with Crippen LogP contribution in [0.3, 0.4) is 0 Å². The van der Waals surface area contributed by atoms with Crippen molar-refractivity contribution in [1.29, 1.82) is 0 Å². The lowest BCUT2D eigenvalue weighted by Crippen LogP contribution is -2.44. The number of likely N-dealkylation sites (tertiary alicyclic amines) is 1. The molecule has 0 radical (unpaired) electrons. The Balaban J connectivity index is 1.45. The van der Waals surface area contributed by atoms with Gasteiger partial charge in [0.2, 0.25) is 0 Å². The highest BCUT2D eigenvalue weighted by Crippen LogP contribution is 2.30. The zero-order valence-corrected chi connectivity index (χ0v) is 18.9. The molecule has 0 bridgehead atoms. The second-order valence-electron chi connectivity index (χ2n) is 7.78. The fourth-order valence-electron chi connectivity index (χ4n) is 4.17. The smallest absolute Gasteiger partial charge is 0.273 e. The summed E-state index contributed by atoms with van der Waals surface area (Å²) in [6, 6.07) is 16.3. The second kappa shape index (κ2) is 9.96. The number of methoxy groups -OCH3 is 2. The first-order valence-electron chi connectivity index (χ1n) is 10.7. The highest BCUT2D eigenvalue weighted by atomic mass is 32.1. The lowest BCUT2D eigenvalue weighted by molar-refractivity contribution is 0.0596. The lowest BCUT2D eigenvalue weighted by Gasteiger charge is -2.35. The lowest BCUT2D eigenvalue weighted by atomic mass is 9.95. The van der Waals surface area contributed by atoms with Gasteiger partial charge in [0.05, 0.1) is 14.2 Å². The summed E-state index contributed by atoms with van der Waals surface area (Å²) < 4.78 is 10.8. The monoisotopic (exact) mass is 436 g/mol. The van der Waals surface area contributed by atoms with E-state index in [0.29, 0.717) is 5.69 Å². The standard InChI is InChI=1S/C25H28N2O3S/c1-29-22-14-12-18(16-23(22)30-2)11-13-20-10-6-7-15-27(20)25(28)21-17-31-24(26-21)19-8-4-3-5-9-19/h3-5,8-9,12,14,16-17,20H,6-7,10-11,13,15H2,1-2H3. The molecule has 2 aromatic carbocycles. The highest BCUT2D eigenvalue weighted by Gasteiger charge is 2.28. The van der Waals surface area contributed by atoms with Gasteiger partial charge in [-0.3, -0.25) is 4.79 Å². The first kappa shape index (κ1) is 21.4. The molecule has 31 heavy (non-hydrogen) atoms. The van der Waals surface area contributed by atoms with Gasteiger partial charge in [-0.15, -0.1) is 11.3 Å². The van der Waals surface area contributed by atoms with Crippen LogP contribution in [0.2, 0.25) is 0 Å². The maximum Gasteiger partial charge on any atom is 0.273 e. The molecule has 1 unspecified atom stereocenters. The Morgan fingerprint density at radius 3 is 2.68 bits per heavy atom. The van der Waals surface area contributed by atoms with Crippen molar-refractivity contribution in [3.8, 4) is 22.1 Å². The van der Waals surface area contributed by atoms with Crippen LogP contribution >= 0.6 is 11.3 Å². The van der Waals surface area contributed by atoms with Crippen molar-refractivity contribution in [3.05, 3.63) is 65.2 Å². The molecular weight excluding hydrogens is 408 g/mol. The summed E-state index contributed by atoms with van der Waals surface area (Å²) in [6.07, 6.45) is 5.06. The van der Waals surface area contributed by atoms with Gasteiger partial charge < -0.3 is 14.4 Å². The number of thiazole rings is 1. The van der Waals surface area contributed by atoms with Crippen molar-refractivity contribution in [2.24, 2.45) is 0 Å². The Hall–Kier alpha value is -2.86. The summed E-state index contributed by atoms with van der Waals surface area (Å²) >= 11 is 1.53. The maximum atomic E-state index is 13.3. The molecule has 0 aliphatic carbocycles. The average Bonchev–Trinajstić information content (AvgIpc) is 3.33. The van der Waals surface area contributed by atoms with Crippen LogP contribution in [0.15, 0.2) is 53.9 Å². The predicted molar refractivity (Wildman–Crippen MR) is 124 cm³/mol. The Bertz CT molecular complexity index is 1020. The molecule has 0 spiro atoms. The second-order valence-corrected chi connectivity index (χ2v) is 8.64. The van der Waals surface area contributed by atoms with Crippen LogP contribution in [-0.4, -0.2) is 42.6 Å². The van der Waals surface area contributed by atoms with E-state index < -0.39 is 0 Å². The van der Waals surface area contributed by atoms with Gasteiger partial charge in [0, 0.05) is 23.5 Å². The summed E-state index contributed by atoms with van der Waals surface area (Å²) in [4.78, 5) is 20.0. The summed E-state index contributed by atoms with van der Waals surface area (Å²) in [5, 5.41) is 2.79. The minimum atomic E-state index is 0.0513. The molecule has 2 heterocycles. The van der Waals surface area contributed by atoms with E-state index in [4.69, 9.17) is 9.47 Å². The number of carbonyl (C=O) groups is 1. The Labute approximate surface area is 187 Å². The number of benzene rings is 2. The van der Waals surface area contributed by atoms with Gasteiger partial charge in [0.25, 0.3) is 5.91 Å². The van der Waals surface area contributed by atoms with Crippen LogP contribution in [0.1, 0.15) is 41.7 Å². The molecule has 1 aromatic heterocycles. The largest absolute Gasteiger partial charge is 0.493 e. The molecule has 1 fully saturated rings. The molecule has 0 saturated carbocycles. The van der Waals surface area contributed by atoms with Crippen LogP contribution in [0.4, 0.5) is 0 Å². The SMILES string of the molecule is COc1ccc(CCC2CCCCN2C(=O)c2csc(-c3ccccc3)n2)cc1OC. The molecule has 6 heteroatoms. The van der Waals surface area contributed by atoms with E-state index in [1.54, 1.807) is 14.2 Å². The van der Waals surface area contributed by atoms with Crippen molar-refractivity contribution in [2.75, 3.05) is 20.8 Å². The molecule has 4 rings (SSSR count). The van der Waals surface area contributed by atoms with Gasteiger partial charge in [0.15, 0.2) is 11.5 Å². The van der Waals surface area contributed by atoms with E-state index in [-0.39, 0.29) is 11.9 Å². The van der Waals surface area contributed by atoms with E-state index in [9.17, 15) is 4.79 Å². The van der Waals surface area contributed by atoms with Crippen molar-refractivity contribution in [1.82, 2.24) is 9.88 Å². The molecule has 1 atom stereocenters.